The van der Waals surface area contributed by atoms with Gasteiger partial charge in [-0.2, -0.15) is 4.31 Å². The molecule has 0 spiro atoms. The highest BCUT2D eigenvalue weighted by atomic mass is 32.2. The van der Waals surface area contributed by atoms with Gasteiger partial charge in [-0.15, -0.1) is 0 Å². The van der Waals surface area contributed by atoms with Crippen molar-refractivity contribution in [3.05, 3.63) is 54.1 Å². The second-order valence-corrected chi connectivity index (χ2v) is 10.2. The molecule has 1 aliphatic rings. The van der Waals surface area contributed by atoms with Crippen molar-refractivity contribution in [1.82, 2.24) is 9.62 Å². The van der Waals surface area contributed by atoms with Crippen LogP contribution in [0.3, 0.4) is 0 Å². The fourth-order valence-electron chi connectivity index (χ4n) is 4.09. The first-order chi connectivity index (χ1) is 16.3. The van der Waals surface area contributed by atoms with Gasteiger partial charge in [-0.3, -0.25) is 9.59 Å². The maximum Gasteiger partial charge on any atom is 0.251 e. The summed E-state index contributed by atoms with van der Waals surface area (Å²) < 4.78 is 26.8. The minimum atomic E-state index is -3.67. The van der Waals surface area contributed by atoms with Crippen LogP contribution in [0.1, 0.15) is 49.9 Å². The van der Waals surface area contributed by atoms with Crippen molar-refractivity contribution in [2.24, 2.45) is 0 Å². The summed E-state index contributed by atoms with van der Waals surface area (Å²) in [5.41, 5.74) is 1.94. The fraction of sp³-hybridized carbons (Fsp3) is 0.440. The van der Waals surface area contributed by atoms with Gasteiger partial charge in [-0.1, -0.05) is 38.8 Å². The Bertz CT molecular complexity index is 1090. The Kier molecular flexibility index (Phi) is 9.06. The predicted octanol–water partition coefficient (Wildman–Crippen LogP) is 3.47. The van der Waals surface area contributed by atoms with Crippen molar-refractivity contribution >= 4 is 33.2 Å². The van der Waals surface area contributed by atoms with Gasteiger partial charge in [0.15, 0.2) is 0 Å². The van der Waals surface area contributed by atoms with Crippen molar-refractivity contribution < 1.29 is 18.0 Å². The lowest BCUT2D eigenvalue weighted by Gasteiger charge is -2.23. The normalized spacial score (nSPS) is 14.5. The molecule has 0 atom stereocenters. The van der Waals surface area contributed by atoms with Crippen LogP contribution in [-0.4, -0.2) is 57.3 Å². The number of amides is 2. The van der Waals surface area contributed by atoms with Crippen LogP contribution < -0.4 is 15.5 Å². The van der Waals surface area contributed by atoms with E-state index in [0.29, 0.717) is 18.8 Å². The molecule has 2 aromatic carbocycles. The Labute approximate surface area is 202 Å². The number of benzene rings is 2. The van der Waals surface area contributed by atoms with Crippen molar-refractivity contribution in [2.75, 3.05) is 42.9 Å². The molecule has 2 aromatic rings. The summed E-state index contributed by atoms with van der Waals surface area (Å²) in [5, 5.41) is 5.40. The molecule has 184 valence electrons. The number of hydrogen-bond donors (Lipinski definition) is 2. The molecular formula is C25H34N4O4S. The number of rotatable bonds is 9. The maximum absolute atomic E-state index is 12.7. The smallest absolute Gasteiger partial charge is 0.251 e. The standard InChI is InChI=1S/C25H34N4O4S/c1-3-29(4-2)34(32,33)23-14-9-11-20(17-23)25(31)26-19-24(30)27-21-12-10-13-22(18-21)28-15-7-5-6-8-16-28/h9-14,17-18H,3-8,15-16,19H2,1-2H3,(H,26,31)(H,27,30). The highest BCUT2D eigenvalue weighted by Crippen LogP contribution is 2.23. The van der Waals surface area contributed by atoms with Gasteiger partial charge in [0.25, 0.3) is 5.91 Å². The molecule has 1 saturated heterocycles. The van der Waals surface area contributed by atoms with E-state index in [0.717, 1.165) is 18.8 Å². The van der Waals surface area contributed by atoms with Crippen LogP contribution in [-0.2, 0) is 14.8 Å². The number of carbonyl (C=O) groups excluding carboxylic acids is 2. The lowest BCUT2D eigenvalue weighted by Crippen LogP contribution is -2.33. The van der Waals surface area contributed by atoms with E-state index in [9.17, 15) is 18.0 Å². The van der Waals surface area contributed by atoms with Gasteiger partial charge in [0.1, 0.15) is 0 Å². The first-order valence-electron chi connectivity index (χ1n) is 11.9. The molecule has 3 rings (SSSR count). The second kappa shape index (κ2) is 12.0. The quantitative estimate of drug-likeness (QED) is 0.566. The summed E-state index contributed by atoms with van der Waals surface area (Å²) in [6.45, 7) is 6.01. The average Bonchev–Trinajstić information content (AvgIpc) is 3.13. The van der Waals surface area contributed by atoms with Crippen molar-refractivity contribution in [3.63, 3.8) is 0 Å². The Hall–Kier alpha value is -2.91. The molecule has 0 bridgehead atoms. The average molecular weight is 487 g/mol. The van der Waals surface area contributed by atoms with Crippen LogP contribution in [0.25, 0.3) is 0 Å². The number of anilines is 2. The van der Waals surface area contributed by atoms with Crippen LogP contribution in [0, 0.1) is 0 Å². The molecule has 0 aromatic heterocycles. The van der Waals surface area contributed by atoms with E-state index < -0.39 is 15.9 Å². The molecule has 34 heavy (non-hydrogen) atoms. The minimum Gasteiger partial charge on any atom is -0.371 e. The van der Waals surface area contributed by atoms with Gasteiger partial charge >= 0.3 is 0 Å². The summed E-state index contributed by atoms with van der Waals surface area (Å²) in [4.78, 5) is 27.4. The van der Waals surface area contributed by atoms with Gasteiger partial charge in [0.05, 0.1) is 11.4 Å². The minimum absolute atomic E-state index is 0.0543. The van der Waals surface area contributed by atoms with Gasteiger partial charge in [-0.05, 0) is 49.2 Å². The molecule has 8 nitrogen and oxygen atoms in total. The van der Waals surface area contributed by atoms with Crippen LogP contribution in [0.4, 0.5) is 11.4 Å². The molecule has 9 heteroatoms. The predicted molar refractivity (Wildman–Crippen MR) is 135 cm³/mol. The topological polar surface area (TPSA) is 98.8 Å². The first kappa shape index (κ1) is 25.7. The summed E-state index contributed by atoms with van der Waals surface area (Å²) >= 11 is 0. The molecular weight excluding hydrogens is 452 g/mol. The molecule has 0 aliphatic carbocycles. The van der Waals surface area contributed by atoms with E-state index in [1.807, 2.05) is 24.3 Å². The van der Waals surface area contributed by atoms with E-state index in [4.69, 9.17) is 0 Å². The zero-order valence-electron chi connectivity index (χ0n) is 19.9. The van der Waals surface area contributed by atoms with E-state index in [-0.39, 0.29) is 22.9 Å². The van der Waals surface area contributed by atoms with Crippen molar-refractivity contribution in [3.8, 4) is 0 Å². The molecule has 1 heterocycles. The SMILES string of the molecule is CCN(CC)S(=O)(=O)c1cccc(C(=O)NCC(=O)Nc2cccc(N3CCCCCC3)c2)c1. The molecule has 2 N–H and O–H groups in total. The third-order valence-corrected chi connectivity index (χ3v) is 8.00. The van der Waals surface area contributed by atoms with E-state index in [2.05, 4.69) is 15.5 Å². The molecule has 0 unspecified atom stereocenters. The van der Waals surface area contributed by atoms with Gasteiger partial charge in [0, 0.05) is 43.1 Å². The Morgan fingerprint density at radius 3 is 2.29 bits per heavy atom. The summed E-state index contributed by atoms with van der Waals surface area (Å²) in [6, 6.07) is 13.6. The zero-order chi connectivity index (χ0) is 24.6. The van der Waals surface area contributed by atoms with Gasteiger partial charge < -0.3 is 15.5 Å². The third kappa shape index (κ3) is 6.57. The number of hydrogen-bond acceptors (Lipinski definition) is 5. The van der Waals surface area contributed by atoms with Crippen molar-refractivity contribution in [1.29, 1.82) is 0 Å². The number of carbonyl (C=O) groups is 2. The van der Waals surface area contributed by atoms with Crippen LogP contribution in [0.15, 0.2) is 53.4 Å². The monoisotopic (exact) mass is 486 g/mol. The van der Waals surface area contributed by atoms with E-state index in [1.54, 1.807) is 13.8 Å². The number of nitrogens with zero attached hydrogens (tertiary/aromatic N) is 2. The van der Waals surface area contributed by atoms with Crippen LogP contribution in [0.2, 0.25) is 0 Å². The van der Waals surface area contributed by atoms with E-state index >= 15 is 0 Å². The van der Waals surface area contributed by atoms with E-state index in [1.165, 1.54) is 54.3 Å². The summed E-state index contributed by atoms with van der Waals surface area (Å²) in [5.74, 6) is -0.863. The Morgan fingerprint density at radius 1 is 0.941 bits per heavy atom. The van der Waals surface area contributed by atoms with Crippen molar-refractivity contribution in [2.45, 2.75) is 44.4 Å². The second-order valence-electron chi connectivity index (χ2n) is 8.30. The van der Waals surface area contributed by atoms with Crippen LogP contribution in [0.5, 0.6) is 0 Å². The summed E-state index contributed by atoms with van der Waals surface area (Å²) in [7, 11) is -3.67. The third-order valence-electron chi connectivity index (χ3n) is 5.95. The lowest BCUT2D eigenvalue weighted by molar-refractivity contribution is -0.115. The number of sulfonamides is 1. The summed E-state index contributed by atoms with van der Waals surface area (Å²) in [6.07, 6.45) is 4.83. The molecule has 0 saturated carbocycles. The molecule has 2 amide bonds. The highest BCUT2D eigenvalue weighted by molar-refractivity contribution is 7.89. The fourth-order valence-corrected chi connectivity index (χ4v) is 5.59. The van der Waals surface area contributed by atoms with Gasteiger partial charge in [0.2, 0.25) is 15.9 Å². The number of nitrogens with one attached hydrogen (secondary N) is 2. The largest absolute Gasteiger partial charge is 0.371 e. The Balaban J connectivity index is 1.59. The maximum atomic E-state index is 12.7. The first-order valence-corrected chi connectivity index (χ1v) is 13.3. The lowest BCUT2D eigenvalue weighted by atomic mass is 10.2. The molecule has 1 aliphatic heterocycles. The molecule has 0 radical (unpaired) electrons. The molecule has 1 fully saturated rings. The van der Waals surface area contributed by atoms with Gasteiger partial charge in [-0.25, -0.2) is 8.42 Å². The zero-order valence-corrected chi connectivity index (χ0v) is 20.7. The van der Waals surface area contributed by atoms with Crippen LogP contribution >= 0.6 is 0 Å². The Morgan fingerprint density at radius 2 is 1.62 bits per heavy atom. The highest BCUT2D eigenvalue weighted by Gasteiger charge is 2.22.